The molecule has 2 heterocycles. The van der Waals surface area contributed by atoms with E-state index in [1.165, 1.54) is 5.56 Å². The van der Waals surface area contributed by atoms with Crippen LogP contribution in [0.3, 0.4) is 0 Å². The van der Waals surface area contributed by atoms with E-state index in [0.717, 1.165) is 57.8 Å². The molecule has 2 saturated heterocycles. The summed E-state index contributed by atoms with van der Waals surface area (Å²) in [7, 11) is 0. The van der Waals surface area contributed by atoms with Crippen LogP contribution in [0.4, 0.5) is 5.69 Å². The van der Waals surface area contributed by atoms with Gasteiger partial charge in [0.25, 0.3) is 0 Å². The summed E-state index contributed by atoms with van der Waals surface area (Å²) in [6.07, 6.45) is 4.09. The van der Waals surface area contributed by atoms with Gasteiger partial charge in [0.15, 0.2) is 0 Å². The summed E-state index contributed by atoms with van der Waals surface area (Å²) in [5, 5.41) is 3.08. The maximum atomic E-state index is 12.3. The third kappa shape index (κ3) is 5.03. The third-order valence-electron chi connectivity index (χ3n) is 4.80. The predicted octanol–water partition coefficient (Wildman–Crippen LogP) is 2.81. The summed E-state index contributed by atoms with van der Waals surface area (Å²) in [5.41, 5.74) is 2.09. The minimum Gasteiger partial charge on any atom is -0.379 e. The number of hydrogen-bond acceptors (Lipinski definition) is 4. The molecule has 1 amide bonds. The molecule has 3 rings (SSSR count). The van der Waals surface area contributed by atoms with Crippen molar-refractivity contribution in [3.05, 3.63) is 29.8 Å². The van der Waals surface area contributed by atoms with Crippen molar-refractivity contribution in [2.75, 3.05) is 31.6 Å². The van der Waals surface area contributed by atoms with E-state index < -0.39 is 0 Å². The first-order valence-corrected chi connectivity index (χ1v) is 9.04. The monoisotopic (exact) mass is 332 g/mol. The molecule has 132 valence electrons. The van der Waals surface area contributed by atoms with Crippen LogP contribution in [0.1, 0.15) is 38.2 Å². The van der Waals surface area contributed by atoms with Crippen LogP contribution >= 0.6 is 0 Å². The number of nitrogens with one attached hydrogen (secondary N) is 1. The van der Waals surface area contributed by atoms with Gasteiger partial charge in [-0.1, -0.05) is 18.2 Å². The van der Waals surface area contributed by atoms with E-state index in [1.807, 2.05) is 18.2 Å². The second-order valence-electron chi connectivity index (χ2n) is 6.78. The van der Waals surface area contributed by atoms with Crippen molar-refractivity contribution in [1.29, 1.82) is 0 Å². The van der Waals surface area contributed by atoms with Crippen molar-refractivity contribution in [2.45, 2.75) is 51.4 Å². The Balaban J connectivity index is 1.51. The maximum absolute atomic E-state index is 12.3. The summed E-state index contributed by atoms with van der Waals surface area (Å²) in [4.78, 5) is 14.7. The summed E-state index contributed by atoms with van der Waals surface area (Å²) >= 11 is 0. The second kappa shape index (κ2) is 8.60. The summed E-state index contributed by atoms with van der Waals surface area (Å²) < 4.78 is 11.2. The van der Waals surface area contributed by atoms with Crippen molar-refractivity contribution in [3.8, 4) is 0 Å². The van der Waals surface area contributed by atoms with Crippen LogP contribution in [0.15, 0.2) is 24.3 Å². The molecule has 1 aromatic carbocycles. The number of anilines is 1. The number of hydrogen-bond donors (Lipinski definition) is 1. The number of para-hydroxylation sites is 1. The average molecular weight is 332 g/mol. The first kappa shape index (κ1) is 17.4. The summed E-state index contributed by atoms with van der Waals surface area (Å²) in [5.74, 6) is 0.0765. The van der Waals surface area contributed by atoms with Gasteiger partial charge in [0.05, 0.1) is 25.4 Å². The highest BCUT2D eigenvalue weighted by molar-refractivity contribution is 5.91. The predicted molar refractivity (Wildman–Crippen MR) is 94.0 cm³/mol. The van der Waals surface area contributed by atoms with E-state index in [1.54, 1.807) is 0 Å². The summed E-state index contributed by atoms with van der Waals surface area (Å²) in [6, 6.07) is 8.08. The lowest BCUT2D eigenvalue weighted by atomic mass is 10.1. The second-order valence-corrected chi connectivity index (χ2v) is 6.78. The Morgan fingerprint density at radius 3 is 2.79 bits per heavy atom. The van der Waals surface area contributed by atoms with Crippen LogP contribution in [0.25, 0.3) is 0 Å². The Bertz CT molecular complexity index is 543. The van der Waals surface area contributed by atoms with Crippen molar-refractivity contribution in [2.24, 2.45) is 0 Å². The molecular weight excluding hydrogens is 304 g/mol. The van der Waals surface area contributed by atoms with Crippen LogP contribution in [-0.4, -0.2) is 49.3 Å². The van der Waals surface area contributed by atoms with Gasteiger partial charge < -0.3 is 14.8 Å². The average Bonchev–Trinajstić information content (AvgIpc) is 3.01. The minimum absolute atomic E-state index is 0.0765. The van der Waals surface area contributed by atoms with Crippen LogP contribution in [0.5, 0.6) is 0 Å². The van der Waals surface area contributed by atoms with E-state index in [9.17, 15) is 4.79 Å². The van der Waals surface area contributed by atoms with Gasteiger partial charge in [0.1, 0.15) is 0 Å². The Morgan fingerprint density at radius 2 is 2.04 bits per heavy atom. The van der Waals surface area contributed by atoms with E-state index >= 15 is 0 Å². The van der Waals surface area contributed by atoms with Crippen molar-refractivity contribution in [1.82, 2.24) is 4.90 Å². The molecule has 1 N–H and O–H groups in total. The number of ether oxygens (including phenoxy) is 2. The molecule has 5 nitrogen and oxygen atoms in total. The van der Waals surface area contributed by atoms with Gasteiger partial charge in [0.2, 0.25) is 5.91 Å². The van der Waals surface area contributed by atoms with Gasteiger partial charge in [-0.05, 0) is 37.8 Å². The minimum atomic E-state index is 0.0765. The van der Waals surface area contributed by atoms with Gasteiger partial charge in [0, 0.05) is 31.7 Å². The molecule has 0 spiro atoms. The molecule has 1 aromatic rings. The molecule has 0 aromatic heterocycles. The van der Waals surface area contributed by atoms with E-state index in [2.05, 4.69) is 23.2 Å². The molecule has 2 aliphatic heterocycles. The largest absolute Gasteiger partial charge is 0.379 e. The molecule has 24 heavy (non-hydrogen) atoms. The number of morpholine rings is 1. The quantitative estimate of drug-likeness (QED) is 0.870. The lowest BCUT2D eigenvalue weighted by Crippen LogP contribution is -2.35. The van der Waals surface area contributed by atoms with Crippen LogP contribution in [-0.2, 0) is 20.8 Å². The number of benzene rings is 1. The van der Waals surface area contributed by atoms with E-state index in [4.69, 9.17) is 9.47 Å². The van der Waals surface area contributed by atoms with Gasteiger partial charge in [-0.25, -0.2) is 0 Å². The zero-order valence-corrected chi connectivity index (χ0v) is 14.5. The molecule has 0 radical (unpaired) electrons. The standard InChI is InChI=1S/C19H28N2O3/c1-15-6-7-17(24-15)8-9-19(22)20-18-5-3-2-4-16(18)14-21-10-12-23-13-11-21/h2-5,15,17H,6-14H2,1H3,(H,20,22)/t15-,17+/m1/s1. The SMILES string of the molecule is C[C@@H]1CC[C@@H](CCC(=O)Nc2ccccc2CN2CCOCC2)O1. The Labute approximate surface area is 144 Å². The summed E-state index contributed by atoms with van der Waals surface area (Å²) in [6.45, 7) is 6.41. The number of carbonyl (C=O) groups is 1. The van der Waals surface area contributed by atoms with Crippen LogP contribution < -0.4 is 5.32 Å². The molecule has 5 heteroatoms. The number of carbonyl (C=O) groups excluding carboxylic acids is 1. The molecule has 2 fully saturated rings. The molecule has 0 bridgehead atoms. The molecule has 0 saturated carbocycles. The third-order valence-corrected chi connectivity index (χ3v) is 4.80. The topological polar surface area (TPSA) is 50.8 Å². The fourth-order valence-corrected chi connectivity index (χ4v) is 3.38. The molecule has 2 aliphatic rings. The fraction of sp³-hybridized carbons (Fsp3) is 0.632. The van der Waals surface area contributed by atoms with E-state index in [-0.39, 0.29) is 12.0 Å². The van der Waals surface area contributed by atoms with E-state index in [0.29, 0.717) is 12.5 Å². The maximum Gasteiger partial charge on any atom is 0.224 e. The molecule has 0 aliphatic carbocycles. The van der Waals surface area contributed by atoms with Gasteiger partial charge in [-0.15, -0.1) is 0 Å². The first-order chi connectivity index (χ1) is 11.7. The van der Waals surface area contributed by atoms with Crippen LogP contribution in [0, 0.1) is 0 Å². The molecular formula is C19H28N2O3. The van der Waals surface area contributed by atoms with Crippen molar-refractivity contribution in [3.63, 3.8) is 0 Å². The Hall–Kier alpha value is -1.43. The molecule has 2 atom stereocenters. The normalized spacial score (nSPS) is 24.9. The first-order valence-electron chi connectivity index (χ1n) is 9.04. The fourth-order valence-electron chi connectivity index (χ4n) is 3.38. The highest BCUT2D eigenvalue weighted by atomic mass is 16.5. The van der Waals surface area contributed by atoms with Crippen molar-refractivity contribution >= 4 is 11.6 Å². The zero-order chi connectivity index (χ0) is 16.8. The van der Waals surface area contributed by atoms with Gasteiger partial charge in [-0.2, -0.15) is 0 Å². The van der Waals surface area contributed by atoms with Gasteiger partial charge >= 0.3 is 0 Å². The Kier molecular flexibility index (Phi) is 6.24. The van der Waals surface area contributed by atoms with Crippen LogP contribution in [0.2, 0.25) is 0 Å². The lowest BCUT2D eigenvalue weighted by molar-refractivity contribution is -0.116. The lowest BCUT2D eigenvalue weighted by Gasteiger charge is -2.27. The molecule has 0 unspecified atom stereocenters. The van der Waals surface area contributed by atoms with Crippen molar-refractivity contribution < 1.29 is 14.3 Å². The highest BCUT2D eigenvalue weighted by Crippen LogP contribution is 2.23. The smallest absolute Gasteiger partial charge is 0.224 e. The highest BCUT2D eigenvalue weighted by Gasteiger charge is 2.22. The number of nitrogens with zero attached hydrogens (tertiary/aromatic N) is 1. The number of rotatable bonds is 6. The zero-order valence-electron chi connectivity index (χ0n) is 14.5. The Morgan fingerprint density at radius 1 is 1.25 bits per heavy atom. The van der Waals surface area contributed by atoms with Gasteiger partial charge in [-0.3, -0.25) is 9.69 Å². The number of amides is 1.